The average Bonchev–Trinajstić information content (AvgIpc) is 2.64. The summed E-state index contributed by atoms with van der Waals surface area (Å²) in [6.07, 6.45) is -5.26. The quantitative estimate of drug-likeness (QED) is 0.214. The number of nitrogens with one attached hydrogen (secondary N) is 1. The van der Waals surface area contributed by atoms with Crippen molar-refractivity contribution in [1.82, 2.24) is 5.32 Å². The summed E-state index contributed by atoms with van der Waals surface area (Å²) in [6.45, 7) is 2.99. The van der Waals surface area contributed by atoms with Gasteiger partial charge in [0.05, 0.1) is 0 Å². The molecule has 0 aromatic heterocycles. The molecule has 0 spiro atoms. The summed E-state index contributed by atoms with van der Waals surface area (Å²) in [5.41, 5.74) is 0. The Morgan fingerprint density at radius 2 is 1.45 bits per heavy atom. The lowest BCUT2D eigenvalue weighted by Crippen LogP contribution is -2.65. The van der Waals surface area contributed by atoms with Crippen molar-refractivity contribution in [1.29, 1.82) is 0 Å². The second kappa shape index (κ2) is 12.8. The predicted molar refractivity (Wildman–Crippen MR) is 101 cm³/mol. The number of amides is 1. The number of carbonyl (C=O) groups is 5. The van der Waals surface area contributed by atoms with Gasteiger partial charge >= 0.3 is 23.9 Å². The molecular weight excluding hydrogens is 418 g/mol. The molecule has 1 heterocycles. The SMILES string of the molecule is CC(=O)OC[C@H]1O[C@@H](NC(=O)CCCCCC(=O)O)[C@H](O)[C@@H](OC(C)=O)[C@H]1OC(C)=O. The predicted octanol–water partition coefficient (Wildman–Crippen LogP) is -0.350. The Morgan fingerprint density at radius 3 is 2.00 bits per heavy atom. The Balaban J connectivity index is 2.85. The van der Waals surface area contributed by atoms with E-state index in [-0.39, 0.29) is 19.4 Å². The molecule has 0 aromatic rings. The van der Waals surface area contributed by atoms with Crippen molar-refractivity contribution in [3.05, 3.63) is 0 Å². The number of carbonyl (C=O) groups excluding carboxylic acids is 4. The van der Waals surface area contributed by atoms with Crippen molar-refractivity contribution in [2.75, 3.05) is 6.61 Å². The van der Waals surface area contributed by atoms with Gasteiger partial charge < -0.3 is 34.5 Å². The third kappa shape index (κ3) is 9.75. The van der Waals surface area contributed by atoms with Crippen LogP contribution in [-0.4, -0.2) is 77.2 Å². The van der Waals surface area contributed by atoms with E-state index in [9.17, 15) is 29.1 Å². The van der Waals surface area contributed by atoms with Gasteiger partial charge in [-0.3, -0.25) is 24.0 Å². The number of carboxylic acid groups (broad SMARTS) is 1. The molecule has 0 aromatic carbocycles. The Labute approximate surface area is 179 Å². The van der Waals surface area contributed by atoms with E-state index >= 15 is 0 Å². The van der Waals surface area contributed by atoms with E-state index in [0.29, 0.717) is 19.3 Å². The van der Waals surface area contributed by atoms with Gasteiger partial charge in [0.1, 0.15) is 18.8 Å². The molecule has 3 N–H and O–H groups in total. The number of rotatable bonds is 11. The minimum Gasteiger partial charge on any atom is -0.481 e. The molecule has 1 aliphatic heterocycles. The molecule has 0 radical (unpaired) electrons. The third-order valence-electron chi connectivity index (χ3n) is 4.31. The van der Waals surface area contributed by atoms with Gasteiger partial charge in [-0.1, -0.05) is 6.42 Å². The molecule has 0 bridgehead atoms. The lowest BCUT2D eigenvalue weighted by Gasteiger charge is -2.43. The Morgan fingerprint density at radius 1 is 0.871 bits per heavy atom. The van der Waals surface area contributed by atoms with Crippen LogP contribution in [0.3, 0.4) is 0 Å². The first-order valence-corrected chi connectivity index (χ1v) is 9.83. The van der Waals surface area contributed by atoms with Crippen LogP contribution < -0.4 is 5.32 Å². The van der Waals surface area contributed by atoms with Crippen molar-refractivity contribution >= 4 is 29.8 Å². The molecule has 1 fully saturated rings. The van der Waals surface area contributed by atoms with Crippen LogP contribution in [0.25, 0.3) is 0 Å². The van der Waals surface area contributed by atoms with Gasteiger partial charge in [-0.15, -0.1) is 0 Å². The molecule has 0 aliphatic carbocycles. The fraction of sp³-hybridized carbons (Fsp3) is 0.737. The highest BCUT2D eigenvalue weighted by Gasteiger charge is 2.50. The highest BCUT2D eigenvalue weighted by molar-refractivity contribution is 5.76. The summed E-state index contributed by atoms with van der Waals surface area (Å²) in [5, 5.41) is 21.7. The normalized spacial score (nSPS) is 25.2. The molecule has 176 valence electrons. The van der Waals surface area contributed by atoms with Crippen molar-refractivity contribution in [3.8, 4) is 0 Å². The lowest BCUT2D eigenvalue weighted by molar-refractivity contribution is -0.251. The van der Waals surface area contributed by atoms with Gasteiger partial charge in [0.25, 0.3) is 0 Å². The number of carboxylic acids is 1. The van der Waals surface area contributed by atoms with E-state index in [2.05, 4.69) is 5.32 Å². The van der Waals surface area contributed by atoms with E-state index in [1.54, 1.807) is 0 Å². The van der Waals surface area contributed by atoms with Crippen LogP contribution in [0, 0.1) is 0 Å². The topological polar surface area (TPSA) is 175 Å². The van der Waals surface area contributed by atoms with Crippen LogP contribution in [-0.2, 0) is 42.9 Å². The summed E-state index contributed by atoms with van der Waals surface area (Å²) in [6, 6.07) is 0. The van der Waals surface area contributed by atoms with Crippen molar-refractivity contribution in [3.63, 3.8) is 0 Å². The fourth-order valence-corrected chi connectivity index (χ4v) is 3.01. The smallest absolute Gasteiger partial charge is 0.303 e. The number of aliphatic carboxylic acids is 1. The zero-order valence-electron chi connectivity index (χ0n) is 17.7. The monoisotopic (exact) mass is 447 g/mol. The van der Waals surface area contributed by atoms with Gasteiger partial charge in [0.15, 0.2) is 18.4 Å². The van der Waals surface area contributed by atoms with E-state index in [0.717, 1.165) is 20.8 Å². The molecule has 0 saturated carbocycles. The van der Waals surface area contributed by atoms with Crippen LogP contribution in [0.2, 0.25) is 0 Å². The lowest BCUT2D eigenvalue weighted by atomic mass is 9.97. The van der Waals surface area contributed by atoms with Gasteiger partial charge in [-0.2, -0.15) is 0 Å². The molecule has 12 nitrogen and oxygen atoms in total. The molecule has 1 aliphatic rings. The molecular formula is C19H29NO11. The van der Waals surface area contributed by atoms with E-state index in [4.69, 9.17) is 24.1 Å². The molecule has 5 atom stereocenters. The highest BCUT2D eigenvalue weighted by Crippen LogP contribution is 2.26. The van der Waals surface area contributed by atoms with Crippen LogP contribution in [0.1, 0.15) is 52.9 Å². The number of aliphatic hydroxyl groups is 1. The number of hydrogen-bond acceptors (Lipinski definition) is 10. The molecule has 31 heavy (non-hydrogen) atoms. The Hall–Kier alpha value is -2.73. The zero-order valence-corrected chi connectivity index (χ0v) is 17.7. The largest absolute Gasteiger partial charge is 0.481 e. The second-order valence-electron chi connectivity index (χ2n) is 7.06. The number of unbranched alkanes of at least 4 members (excludes halogenated alkanes) is 2. The summed E-state index contributed by atoms with van der Waals surface area (Å²) in [5.74, 6) is -3.55. The van der Waals surface area contributed by atoms with Gasteiger partial charge in [0.2, 0.25) is 5.91 Å². The maximum absolute atomic E-state index is 12.2. The van der Waals surface area contributed by atoms with Crippen molar-refractivity contribution in [2.24, 2.45) is 0 Å². The summed E-state index contributed by atoms with van der Waals surface area (Å²) < 4.78 is 20.7. The number of esters is 3. The summed E-state index contributed by atoms with van der Waals surface area (Å²) >= 11 is 0. The van der Waals surface area contributed by atoms with Crippen LogP contribution in [0.15, 0.2) is 0 Å². The van der Waals surface area contributed by atoms with Crippen LogP contribution in [0.4, 0.5) is 0 Å². The molecule has 12 heteroatoms. The summed E-state index contributed by atoms with van der Waals surface area (Å²) in [4.78, 5) is 56.9. The van der Waals surface area contributed by atoms with E-state index in [1.165, 1.54) is 0 Å². The summed E-state index contributed by atoms with van der Waals surface area (Å²) in [7, 11) is 0. The second-order valence-corrected chi connectivity index (χ2v) is 7.06. The fourth-order valence-electron chi connectivity index (χ4n) is 3.01. The molecule has 1 saturated heterocycles. The number of hydrogen-bond donors (Lipinski definition) is 3. The minimum atomic E-state index is -1.57. The van der Waals surface area contributed by atoms with E-state index < -0.39 is 60.4 Å². The maximum atomic E-state index is 12.2. The van der Waals surface area contributed by atoms with Gasteiger partial charge in [-0.05, 0) is 12.8 Å². The molecule has 0 unspecified atom stereocenters. The number of aliphatic hydroxyl groups excluding tert-OH is 1. The molecule has 1 amide bonds. The first-order valence-electron chi connectivity index (χ1n) is 9.83. The minimum absolute atomic E-state index is 0.00546. The maximum Gasteiger partial charge on any atom is 0.303 e. The van der Waals surface area contributed by atoms with Crippen LogP contribution >= 0.6 is 0 Å². The van der Waals surface area contributed by atoms with E-state index in [1.807, 2.05) is 0 Å². The average molecular weight is 447 g/mol. The highest BCUT2D eigenvalue weighted by atomic mass is 16.6. The third-order valence-corrected chi connectivity index (χ3v) is 4.31. The first-order chi connectivity index (χ1) is 14.5. The van der Waals surface area contributed by atoms with Gasteiger partial charge in [-0.25, -0.2) is 0 Å². The zero-order chi connectivity index (χ0) is 23.6. The molecule has 1 rings (SSSR count). The standard InChI is InChI=1S/C19H29NO11/c1-10(21)28-9-13-17(29-11(2)22)18(30-12(3)23)16(27)19(31-13)20-14(24)7-5-4-6-8-15(25)26/h13,16-19,27H,4-9H2,1-3H3,(H,20,24)(H,25,26)/t13-,16-,17+,18-,19-/m1/s1. The van der Waals surface area contributed by atoms with Crippen LogP contribution in [0.5, 0.6) is 0 Å². The first kappa shape index (κ1) is 26.3. The van der Waals surface area contributed by atoms with Crippen molar-refractivity contribution < 1.29 is 53.1 Å². The van der Waals surface area contributed by atoms with Gasteiger partial charge in [0, 0.05) is 33.6 Å². The Bertz CT molecular complexity index is 665. The Kier molecular flexibility index (Phi) is 10.9. The number of ether oxygens (including phenoxy) is 4. The van der Waals surface area contributed by atoms with Crippen molar-refractivity contribution in [2.45, 2.75) is 83.5 Å².